The van der Waals surface area contributed by atoms with Crippen molar-refractivity contribution in [1.82, 2.24) is 5.32 Å². The predicted octanol–water partition coefficient (Wildman–Crippen LogP) is 3.63. The molecule has 3 rings (SSSR count). The average molecular weight is 357 g/mol. The average Bonchev–Trinajstić information content (AvgIpc) is 2.91. The molecule has 0 aliphatic carbocycles. The number of benzene rings is 2. The van der Waals surface area contributed by atoms with Gasteiger partial charge in [-0.3, -0.25) is 4.79 Å². The molecule has 1 fully saturated rings. The topological polar surface area (TPSA) is 47.6 Å². The molecule has 2 aromatic carbocycles. The molecule has 1 aliphatic heterocycles. The standard InChI is InChI=1S/C18H15NO3S2/c20-17-16(24-18(23)19-17)12-13-6-8-15(9-7-13)22-11-10-21-14-4-2-1-3-5-14/h1-9,12H,10-11H2,(H,19,20,23)/b16-12-. The Bertz CT molecular complexity index is 758. The second-order valence-corrected chi connectivity index (χ2v) is 6.65. The number of nitrogens with one attached hydrogen (secondary N) is 1. The lowest BCUT2D eigenvalue weighted by Gasteiger charge is -2.08. The third kappa shape index (κ3) is 4.59. The van der Waals surface area contributed by atoms with Gasteiger partial charge in [0.05, 0.1) is 4.91 Å². The van der Waals surface area contributed by atoms with Crippen LogP contribution in [0.1, 0.15) is 5.56 Å². The third-order valence-electron chi connectivity index (χ3n) is 3.18. The van der Waals surface area contributed by atoms with E-state index < -0.39 is 0 Å². The van der Waals surface area contributed by atoms with Gasteiger partial charge >= 0.3 is 0 Å². The molecule has 1 amide bonds. The first kappa shape index (κ1) is 16.5. The van der Waals surface area contributed by atoms with Crippen molar-refractivity contribution in [3.05, 3.63) is 65.1 Å². The van der Waals surface area contributed by atoms with Crippen LogP contribution in [-0.2, 0) is 4.79 Å². The normalized spacial score (nSPS) is 15.4. The Morgan fingerprint density at radius 3 is 2.17 bits per heavy atom. The molecule has 1 aliphatic rings. The Kier molecular flexibility index (Phi) is 5.51. The molecule has 0 saturated carbocycles. The molecule has 1 heterocycles. The van der Waals surface area contributed by atoms with E-state index >= 15 is 0 Å². The van der Waals surface area contributed by atoms with Crippen LogP contribution in [0.15, 0.2) is 59.5 Å². The van der Waals surface area contributed by atoms with E-state index in [0.29, 0.717) is 22.4 Å². The quantitative estimate of drug-likeness (QED) is 0.486. The first-order valence-electron chi connectivity index (χ1n) is 7.36. The highest BCUT2D eigenvalue weighted by atomic mass is 32.2. The van der Waals surface area contributed by atoms with Crippen molar-refractivity contribution in [3.63, 3.8) is 0 Å². The molecular formula is C18H15NO3S2. The van der Waals surface area contributed by atoms with Crippen LogP contribution in [-0.4, -0.2) is 23.4 Å². The van der Waals surface area contributed by atoms with Gasteiger partial charge in [-0.15, -0.1) is 0 Å². The Balaban J connectivity index is 1.49. The lowest BCUT2D eigenvalue weighted by molar-refractivity contribution is -0.115. The van der Waals surface area contributed by atoms with Crippen molar-refractivity contribution in [2.24, 2.45) is 0 Å². The van der Waals surface area contributed by atoms with Crippen LogP contribution >= 0.6 is 24.0 Å². The van der Waals surface area contributed by atoms with Crippen LogP contribution in [0.25, 0.3) is 6.08 Å². The number of carbonyl (C=O) groups is 1. The van der Waals surface area contributed by atoms with Crippen molar-refractivity contribution in [2.45, 2.75) is 0 Å². The minimum Gasteiger partial charge on any atom is -0.490 e. The molecule has 122 valence electrons. The number of hydrogen-bond acceptors (Lipinski definition) is 5. The second-order valence-electron chi connectivity index (χ2n) is 4.93. The smallest absolute Gasteiger partial charge is 0.263 e. The highest BCUT2D eigenvalue weighted by molar-refractivity contribution is 8.26. The van der Waals surface area contributed by atoms with Gasteiger partial charge in [0, 0.05) is 0 Å². The van der Waals surface area contributed by atoms with E-state index in [1.54, 1.807) is 0 Å². The Morgan fingerprint density at radius 2 is 1.58 bits per heavy atom. The minimum absolute atomic E-state index is 0.150. The summed E-state index contributed by atoms with van der Waals surface area (Å²) < 4.78 is 11.7. The van der Waals surface area contributed by atoms with Gasteiger partial charge in [-0.05, 0) is 35.9 Å². The minimum atomic E-state index is -0.150. The van der Waals surface area contributed by atoms with Crippen LogP contribution in [0.5, 0.6) is 11.5 Å². The summed E-state index contributed by atoms with van der Waals surface area (Å²) in [6.45, 7) is 0.936. The summed E-state index contributed by atoms with van der Waals surface area (Å²) in [5, 5.41) is 2.59. The molecule has 0 bridgehead atoms. The van der Waals surface area contributed by atoms with E-state index in [-0.39, 0.29) is 5.91 Å². The van der Waals surface area contributed by atoms with E-state index in [4.69, 9.17) is 21.7 Å². The number of amides is 1. The fourth-order valence-corrected chi connectivity index (χ4v) is 3.11. The zero-order valence-electron chi connectivity index (χ0n) is 12.7. The zero-order chi connectivity index (χ0) is 16.8. The zero-order valence-corrected chi connectivity index (χ0v) is 14.4. The first-order valence-corrected chi connectivity index (χ1v) is 8.59. The monoisotopic (exact) mass is 357 g/mol. The summed E-state index contributed by atoms with van der Waals surface area (Å²) in [4.78, 5) is 12.2. The molecule has 6 heteroatoms. The van der Waals surface area contributed by atoms with Crippen LogP contribution < -0.4 is 14.8 Å². The maximum absolute atomic E-state index is 11.6. The Labute approximate surface area is 149 Å². The molecule has 0 radical (unpaired) electrons. The summed E-state index contributed by atoms with van der Waals surface area (Å²) in [7, 11) is 0. The Hall–Kier alpha value is -2.31. The van der Waals surface area contributed by atoms with Crippen molar-refractivity contribution in [3.8, 4) is 11.5 Å². The van der Waals surface area contributed by atoms with E-state index in [1.807, 2.05) is 60.7 Å². The molecule has 0 unspecified atom stereocenters. The highest BCUT2D eigenvalue weighted by Crippen LogP contribution is 2.26. The predicted molar refractivity (Wildman–Crippen MR) is 100 cm³/mol. The summed E-state index contributed by atoms with van der Waals surface area (Å²) in [6, 6.07) is 17.1. The number of rotatable bonds is 6. The van der Waals surface area contributed by atoms with Crippen LogP contribution in [0, 0.1) is 0 Å². The summed E-state index contributed by atoms with van der Waals surface area (Å²) in [5.41, 5.74) is 0.922. The maximum atomic E-state index is 11.6. The highest BCUT2D eigenvalue weighted by Gasteiger charge is 2.21. The first-order chi connectivity index (χ1) is 11.7. The van der Waals surface area contributed by atoms with Crippen molar-refractivity contribution in [2.75, 3.05) is 13.2 Å². The summed E-state index contributed by atoms with van der Waals surface area (Å²) in [5.74, 6) is 1.43. The van der Waals surface area contributed by atoms with Gasteiger partial charge in [0.1, 0.15) is 29.0 Å². The SMILES string of the molecule is O=C1NC(=S)S/C1=C\c1ccc(OCCOc2ccccc2)cc1. The van der Waals surface area contributed by atoms with E-state index in [9.17, 15) is 4.79 Å². The van der Waals surface area contributed by atoms with Gasteiger partial charge in [-0.2, -0.15) is 0 Å². The molecule has 0 atom stereocenters. The van der Waals surface area contributed by atoms with Gasteiger partial charge < -0.3 is 14.8 Å². The van der Waals surface area contributed by atoms with Crippen LogP contribution in [0.2, 0.25) is 0 Å². The van der Waals surface area contributed by atoms with Gasteiger partial charge in [0.15, 0.2) is 0 Å². The molecule has 2 aromatic rings. The fraction of sp³-hybridized carbons (Fsp3) is 0.111. The van der Waals surface area contributed by atoms with Crippen LogP contribution in [0.4, 0.5) is 0 Å². The Morgan fingerprint density at radius 1 is 0.958 bits per heavy atom. The van der Waals surface area contributed by atoms with Crippen molar-refractivity contribution >= 4 is 40.3 Å². The molecule has 1 N–H and O–H groups in total. The number of para-hydroxylation sites is 1. The number of hydrogen-bond donors (Lipinski definition) is 1. The molecular weight excluding hydrogens is 342 g/mol. The largest absolute Gasteiger partial charge is 0.490 e. The number of thioether (sulfide) groups is 1. The number of ether oxygens (including phenoxy) is 2. The summed E-state index contributed by atoms with van der Waals surface area (Å²) >= 11 is 6.23. The third-order valence-corrected chi connectivity index (χ3v) is 4.35. The van der Waals surface area contributed by atoms with Crippen molar-refractivity contribution < 1.29 is 14.3 Å². The van der Waals surface area contributed by atoms with E-state index in [1.165, 1.54) is 11.8 Å². The van der Waals surface area contributed by atoms with Gasteiger partial charge in [-0.1, -0.05) is 54.3 Å². The van der Waals surface area contributed by atoms with E-state index in [2.05, 4.69) is 5.32 Å². The molecule has 0 aromatic heterocycles. The second kappa shape index (κ2) is 7.99. The molecule has 24 heavy (non-hydrogen) atoms. The molecule has 0 spiro atoms. The van der Waals surface area contributed by atoms with Crippen LogP contribution in [0.3, 0.4) is 0 Å². The van der Waals surface area contributed by atoms with E-state index in [0.717, 1.165) is 17.1 Å². The molecule has 4 nitrogen and oxygen atoms in total. The number of carbonyl (C=O) groups excluding carboxylic acids is 1. The van der Waals surface area contributed by atoms with Gasteiger partial charge in [0.25, 0.3) is 5.91 Å². The van der Waals surface area contributed by atoms with Gasteiger partial charge in [0.2, 0.25) is 0 Å². The maximum Gasteiger partial charge on any atom is 0.263 e. The lowest BCUT2D eigenvalue weighted by atomic mass is 10.2. The lowest BCUT2D eigenvalue weighted by Crippen LogP contribution is -2.17. The van der Waals surface area contributed by atoms with Crippen molar-refractivity contribution in [1.29, 1.82) is 0 Å². The number of thiocarbonyl (C=S) groups is 1. The summed E-state index contributed by atoms with van der Waals surface area (Å²) in [6.07, 6.45) is 1.81. The van der Waals surface area contributed by atoms with Gasteiger partial charge in [-0.25, -0.2) is 0 Å². The fourth-order valence-electron chi connectivity index (χ4n) is 2.07. The molecule has 1 saturated heterocycles.